The van der Waals surface area contributed by atoms with Crippen LogP contribution in [-0.2, 0) is 4.74 Å². The summed E-state index contributed by atoms with van der Waals surface area (Å²) in [5, 5.41) is 2.82. The number of hydrogen-bond acceptors (Lipinski definition) is 4. The van der Waals surface area contributed by atoms with Crippen molar-refractivity contribution in [2.45, 2.75) is 13.8 Å². The average molecular weight is 365 g/mol. The van der Waals surface area contributed by atoms with Crippen molar-refractivity contribution in [2.75, 3.05) is 13.7 Å². The summed E-state index contributed by atoms with van der Waals surface area (Å²) in [6, 6.07) is 10.0. The van der Waals surface area contributed by atoms with Gasteiger partial charge in [-0.2, -0.15) is 0 Å². The minimum Gasteiger partial charge on any atom is -0.465 e. The van der Waals surface area contributed by atoms with E-state index in [0.29, 0.717) is 34.7 Å². The van der Waals surface area contributed by atoms with Crippen molar-refractivity contribution in [3.8, 4) is 11.1 Å². The van der Waals surface area contributed by atoms with Crippen LogP contribution >= 0.6 is 0 Å². The molecule has 140 valence electrons. The zero-order valence-electron chi connectivity index (χ0n) is 15.7. The molecule has 0 saturated heterocycles. The van der Waals surface area contributed by atoms with Gasteiger partial charge in [-0.25, -0.2) is 4.79 Å². The van der Waals surface area contributed by atoms with E-state index in [9.17, 15) is 14.4 Å². The summed E-state index contributed by atoms with van der Waals surface area (Å²) in [7, 11) is 1.28. The molecular formula is C22H23NO4. The molecule has 0 atom stereocenters. The monoisotopic (exact) mass is 365 g/mol. The molecular weight excluding hydrogens is 342 g/mol. The lowest BCUT2D eigenvalue weighted by molar-refractivity contribution is 0.0601. The van der Waals surface area contributed by atoms with E-state index in [0.717, 1.165) is 11.8 Å². The fraction of sp³-hybridized carbons (Fsp3) is 0.227. The van der Waals surface area contributed by atoms with E-state index >= 15 is 0 Å². The quantitative estimate of drug-likeness (QED) is 0.595. The third kappa shape index (κ3) is 4.70. The van der Waals surface area contributed by atoms with Crippen LogP contribution in [0.15, 0.2) is 43.0 Å². The number of ether oxygens (including phenoxy) is 1. The van der Waals surface area contributed by atoms with Gasteiger partial charge in [0, 0.05) is 17.7 Å². The Balaban J connectivity index is 2.54. The Morgan fingerprint density at radius 1 is 1.15 bits per heavy atom. The third-order valence-electron chi connectivity index (χ3n) is 4.09. The lowest BCUT2D eigenvalue weighted by Gasteiger charge is -2.13. The normalized spacial score (nSPS) is 10.4. The van der Waals surface area contributed by atoms with Gasteiger partial charge in [-0.1, -0.05) is 44.7 Å². The van der Waals surface area contributed by atoms with Crippen LogP contribution in [0.4, 0.5) is 0 Å². The fourth-order valence-corrected chi connectivity index (χ4v) is 2.65. The maximum absolute atomic E-state index is 12.3. The van der Waals surface area contributed by atoms with Crippen LogP contribution in [-0.4, -0.2) is 31.8 Å². The lowest BCUT2D eigenvalue weighted by atomic mass is 9.93. The minimum absolute atomic E-state index is 0.226. The SMILES string of the molecule is C=Cc1ccc(-c2ccc(C(=O)NCC(C)C)cc2C(=O)OC)c(C=O)c1. The summed E-state index contributed by atoms with van der Waals surface area (Å²) in [4.78, 5) is 36.2. The van der Waals surface area contributed by atoms with E-state index < -0.39 is 5.97 Å². The molecule has 2 rings (SSSR count). The Hall–Kier alpha value is -3.21. The van der Waals surface area contributed by atoms with Gasteiger partial charge >= 0.3 is 5.97 Å². The molecule has 0 unspecified atom stereocenters. The van der Waals surface area contributed by atoms with Crippen molar-refractivity contribution in [1.82, 2.24) is 5.32 Å². The predicted molar refractivity (Wildman–Crippen MR) is 106 cm³/mol. The number of esters is 1. The van der Waals surface area contributed by atoms with Gasteiger partial charge in [-0.05, 0) is 40.8 Å². The standard InChI is InChI=1S/C22H23NO4/c1-5-15-6-8-18(17(10-15)13-24)19-9-7-16(11-20(19)22(26)27-4)21(25)23-12-14(2)3/h5-11,13-14H,1,12H2,2-4H3,(H,23,25). The predicted octanol–water partition coefficient (Wildman–Crippen LogP) is 3.98. The number of hydrogen-bond donors (Lipinski definition) is 1. The number of benzene rings is 2. The number of nitrogens with one attached hydrogen (secondary N) is 1. The van der Waals surface area contributed by atoms with Gasteiger partial charge in [0.1, 0.15) is 0 Å². The van der Waals surface area contributed by atoms with Crippen LogP contribution in [0.1, 0.15) is 50.5 Å². The molecule has 1 N–H and O–H groups in total. The second kappa shape index (κ2) is 8.94. The molecule has 0 aliphatic heterocycles. The zero-order chi connectivity index (χ0) is 20.0. The first-order valence-electron chi connectivity index (χ1n) is 8.63. The maximum atomic E-state index is 12.3. The van der Waals surface area contributed by atoms with Gasteiger partial charge in [0.15, 0.2) is 6.29 Å². The van der Waals surface area contributed by atoms with Gasteiger partial charge < -0.3 is 10.1 Å². The van der Waals surface area contributed by atoms with E-state index in [2.05, 4.69) is 11.9 Å². The summed E-state index contributed by atoms with van der Waals surface area (Å²) >= 11 is 0. The Bertz CT molecular complexity index is 884. The van der Waals surface area contributed by atoms with Crippen molar-refractivity contribution in [3.63, 3.8) is 0 Å². The molecule has 5 heteroatoms. The van der Waals surface area contributed by atoms with Gasteiger partial charge in [-0.15, -0.1) is 0 Å². The van der Waals surface area contributed by atoms with Crippen LogP contribution < -0.4 is 5.32 Å². The fourth-order valence-electron chi connectivity index (χ4n) is 2.65. The zero-order valence-corrected chi connectivity index (χ0v) is 15.7. The molecule has 0 radical (unpaired) electrons. The molecule has 0 fully saturated rings. The summed E-state index contributed by atoms with van der Waals surface area (Å²) in [5.41, 5.74) is 2.92. The summed E-state index contributed by atoms with van der Waals surface area (Å²) in [5.74, 6) is -0.530. The molecule has 0 bridgehead atoms. The maximum Gasteiger partial charge on any atom is 0.338 e. The highest BCUT2D eigenvalue weighted by molar-refractivity contribution is 6.04. The highest BCUT2D eigenvalue weighted by atomic mass is 16.5. The molecule has 0 heterocycles. The van der Waals surface area contributed by atoms with Crippen molar-refractivity contribution >= 4 is 24.2 Å². The van der Waals surface area contributed by atoms with Crippen LogP contribution in [0.5, 0.6) is 0 Å². The van der Waals surface area contributed by atoms with Gasteiger partial charge in [0.25, 0.3) is 5.91 Å². The van der Waals surface area contributed by atoms with E-state index in [1.807, 2.05) is 13.8 Å². The van der Waals surface area contributed by atoms with Gasteiger partial charge in [0.05, 0.1) is 12.7 Å². The molecule has 2 aromatic rings. The molecule has 1 amide bonds. The number of carbonyl (C=O) groups excluding carboxylic acids is 3. The molecule has 0 saturated carbocycles. The second-order valence-electron chi connectivity index (χ2n) is 6.52. The Kier molecular flexibility index (Phi) is 6.66. The second-order valence-corrected chi connectivity index (χ2v) is 6.52. The van der Waals surface area contributed by atoms with Crippen LogP contribution in [0.25, 0.3) is 17.2 Å². The lowest BCUT2D eigenvalue weighted by Crippen LogP contribution is -2.27. The molecule has 2 aromatic carbocycles. The van der Waals surface area contributed by atoms with Crippen LogP contribution in [0, 0.1) is 5.92 Å². The van der Waals surface area contributed by atoms with Crippen molar-refractivity contribution in [2.24, 2.45) is 5.92 Å². The third-order valence-corrected chi connectivity index (χ3v) is 4.09. The Morgan fingerprint density at radius 3 is 2.44 bits per heavy atom. The van der Waals surface area contributed by atoms with E-state index in [1.54, 1.807) is 36.4 Å². The summed E-state index contributed by atoms with van der Waals surface area (Å²) in [6.07, 6.45) is 2.37. The topological polar surface area (TPSA) is 72.5 Å². The van der Waals surface area contributed by atoms with E-state index in [-0.39, 0.29) is 11.5 Å². The Labute approximate surface area is 159 Å². The van der Waals surface area contributed by atoms with Crippen LogP contribution in [0.2, 0.25) is 0 Å². The minimum atomic E-state index is -0.576. The summed E-state index contributed by atoms with van der Waals surface area (Å²) < 4.78 is 4.87. The molecule has 27 heavy (non-hydrogen) atoms. The Morgan fingerprint density at radius 2 is 1.85 bits per heavy atom. The van der Waals surface area contributed by atoms with Crippen molar-refractivity contribution in [1.29, 1.82) is 0 Å². The number of carbonyl (C=O) groups is 3. The highest BCUT2D eigenvalue weighted by Gasteiger charge is 2.19. The highest BCUT2D eigenvalue weighted by Crippen LogP contribution is 2.29. The first-order valence-corrected chi connectivity index (χ1v) is 8.63. The first-order chi connectivity index (χ1) is 12.9. The van der Waals surface area contributed by atoms with E-state index in [4.69, 9.17) is 4.74 Å². The summed E-state index contributed by atoms with van der Waals surface area (Å²) in [6.45, 7) is 8.22. The number of amides is 1. The largest absolute Gasteiger partial charge is 0.465 e. The number of methoxy groups -OCH3 is 1. The molecule has 0 aromatic heterocycles. The van der Waals surface area contributed by atoms with E-state index in [1.165, 1.54) is 13.2 Å². The van der Waals surface area contributed by atoms with Crippen LogP contribution in [0.3, 0.4) is 0 Å². The van der Waals surface area contributed by atoms with Gasteiger partial charge in [-0.3, -0.25) is 9.59 Å². The van der Waals surface area contributed by atoms with Crippen molar-refractivity contribution < 1.29 is 19.1 Å². The molecule has 5 nitrogen and oxygen atoms in total. The van der Waals surface area contributed by atoms with Gasteiger partial charge in [0.2, 0.25) is 0 Å². The first kappa shape index (κ1) is 20.1. The average Bonchev–Trinajstić information content (AvgIpc) is 2.70. The molecule has 0 spiro atoms. The number of aldehydes is 1. The molecule has 0 aliphatic rings. The molecule has 0 aliphatic carbocycles. The van der Waals surface area contributed by atoms with Crippen molar-refractivity contribution in [3.05, 3.63) is 65.2 Å². The number of rotatable bonds is 7. The smallest absolute Gasteiger partial charge is 0.338 e.